The van der Waals surface area contributed by atoms with Gasteiger partial charge in [-0.25, -0.2) is 4.39 Å². The van der Waals surface area contributed by atoms with Crippen LogP contribution in [0.4, 0.5) is 4.39 Å². The van der Waals surface area contributed by atoms with Gasteiger partial charge in [0.05, 0.1) is 0 Å². The smallest absolute Gasteiger partial charge is 0.123 e. The second kappa shape index (κ2) is 7.61. The normalized spacial score (nSPS) is 12.0. The van der Waals surface area contributed by atoms with Crippen molar-refractivity contribution in [3.05, 3.63) is 59.9 Å². The maximum absolute atomic E-state index is 12.8. The van der Waals surface area contributed by atoms with E-state index in [2.05, 4.69) is 0 Å². The highest BCUT2D eigenvalue weighted by Gasteiger charge is 2.03. The molecule has 0 bridgehead atoms. The first-order valence-electron chi connectivity index (χ1n) is 6.65. The molecule has 112 valence electrons. The molecule has 0 saturated heterocycles. The number of hydrogen-bond acceptors (Lipinski definition) is 4. The standard InChI is InChI=1S/C16H18FNO3/c17-13-6-4-12(5-7-13)10-20-15-2-1-3-16(8-15)21-11-14(19)9-18/h1-8,14,19H,9-11,18H2/t14-/m1/s1. The summed E-state index contributed by atoms with van der Waals surface area (Å²) in [5.41, 5.74) is 6.18. The van der Waals surface area contributed by atoms with Gasteiger partial charge in [-0.1, -0.05) is 18.2 Å². The first-order valence-corrected chi connectivity index (χ1v) is 6.65. The summed E-state index contributed by atoms with van der Waals surface area (Å²) in [6, 6.07) is 13.2. The molecule has 0 aliphatic carbocycles. The topological polar surface area (TPSA) is 64.7 Å². The fourth-order valence-corrected chi connectivity index (χ4v) is 1.66. The molecule has 21 heavy (non-hydrogen) atoms. The third-order valence-electron chi connectivity index (χ3n) is 2.84. The van der Waals surface area contributed by atoms with Crippen molar-refractivity contribution in [3.63, 3.8) is 0 Å². The van der Waals surface area contributed by atoms with Crippen LogP contribution in [0.5, 0.6) is 11.5 Å². The van der Waals surface area contributed by atoms with Crippen LogP contribution in [-0.2, 0) is 6.61 Å². The molecule has 0 radical (unpaired) electrons. The zero-order valence-electron chi connectivity index (χ0n) is 11.5. The van der Waals surface area contributed by atoms with E-state index < -0.39 is 6.10 Å². The Morgan fingerprint density at radius 2 is 1.71 bits per heavy atom. The number of ether oxygens (including phenoxy) is 2. The molecule has 3 N–H and O–H groups in total. The molecule has 0 fully saturated rings. The van der Waals surface area contributed by atoms with Crippen molar-refractivity contribution in [1.82, 2.24) is 0 Å². The van der Waals surface area contributed by atoms with Crippen molar-refractivity contribution in [2.24, 2.45) is 5.73 Å². The summed E-state index contributed by atoms with van der Waals surface area (Å²) in [6.45, 7) is 0.633. The van der Waals surface area contributed by atoms with Crippen molar-refractivity contribution in [1.29, 1.82) is 0 Å². The maximum Gasteiger partial charge on any atom is 0.123 e. The van der Waals surface area contributed by atoms with Gasteiger partial charge in [0.25, 0.3) is 0 Å². The van der Waals surface area contributed by atoms with Gasteiger partial charge >= 0.3 is 0 Å². The second-order valence-electron chi connectivity index (χ2n) is 4.59. The van der Waals surface area contributed by atoms with E-state index in [1.54, 1.807) is 36.4 Å². The average Bonchev–Trinajstić information content (AvgIpc) is 2.52. The van der Waals surface area contributed by atoms with Crippen molar-refractivity contribution in [2.75, 3.05) is 13.2 Å². The molecule has 0 spiro atoms. The third kappa shape index (κ3) is 5.06. The van der Waals surface area contributed by atoms with Crippen molar-refractivity contribution in [2.45, 2.75) is 12.7 Å². The van der Waals surface area contributed by atoms with Crippen LogP contribution in [0.1, 0.15) is 5.56 Å². The average molecular weight is 291 g/mol. The SMILES string of the molecule is NC[C@@H](O)COc1cccc(OCc2ccc(F)cc2)c1. The van der Waals surface area contributed by atoms with E-state index in [9.17, 15) is 9.50 Å². The summed E-state index contributed by atoms with van der Waals surface area (Å²) in [7, 11) is 0. The quantitative estimate of drug-likeness (QED) is 0.820. The Morgan fingerprint density at radius 3 is 2.38 bits per heavy atom. The van der Waals surface area contributed by atoms with Crippen LogP contribution in [0.2, 0.25) is 0 Å². The molecule has 5 heteroatoms. The van der Waals surface area contributed by atoms with Crippen LogP contribution < -0.4 is 15.2 Å². The number of nitrogens with two attached hydrogens (primary N) is 1. The van der Waals surface area contributed by atoms with Gasteiger partial charge in [0.2, 0.25) is 0 Å². The second-order valence-corrected chi connectivity index (χ2v) is 4.59. The van der Waals surface area contributed by atoms with Crippen molar-refractivity contribution < 1.29 is 19.0 Å². The molecule has 0 aliphatic heterocycles. The first kappa shape index (κ1) is 15.3. The molecule has 0 aliphatic rings. The predicted octanol–water partition coefficient (Wildman–Crippen LogP) is 2.10. The molecule has 2 rings (SSSR count). The molecule has 1 atom stereocenters. The first-order chi connectivity index (χ1) is 10.2. The number of benzene rings is 2. The molecule has 0 heterocycles. The Hall–Kier alpha value is -2.11. The summed E-state index contributed by atoms with van der Waals surface area (Å²) >= 11 is 0. The Bertz CT molecular complexity index is 560. The molecule has 4 nitrogen and oxygen atoms in total. The van der Waals surface area contributed by atoms with E-state index in [1.165, 1.54) is 12.1 Å². The van der Waals surface area contributed by atoms with Gasteiger partial charge < -0.3 is 20.3 Å². The van der Waals surface area contributed by atoms with E-state index in [1.807, 2.05) is 0 Å². The highest BCUT2D eigenvalue weighted by atomic mass is 19.1. The Morgan fingerprint density at radius 1 is 1.05 bits per heavy atom. The Labute approximate surface area is 122 Å². The van der Waals surface area contributed by atoms with Gasteiger partial charge in [0.15, 0.2) is 0 Å². The minimum Gasteiger partial charge on any atom is -0.491 e. The van der Waals surface area contributed by atoms with Crippen LogP contribution in [0.15, 0.2) is 48.5 Å². The maximum atomic E-state index is 12.8. The summed E-state index contributed by atoms with van der Waals surface area (Å²) in [6.07, 6.45) is -0.686. The van der Waals surface area contributed by atoms with Crippen LogP contribution in [0.3, 0.4) is 0 Å². The number of aliphatic hydroxyl groups excluding tert-OH is 1. The lowest BCUT2D eigenvalue weighted by atomic mass is 10.2. The fourth-order valence-electron chi connectivity index (χ4n) is 1.66. The van der Waals surface area contributed by atoms with Gasteiger partial charge in [0.1, 0.15) is 36.6 Å². The summed E-state index contributed by atoms with van der Waals surface area (Å²) in [5.74, 6) is 0.964. The molecule has 0 aromatic heterocycles. The monoisotopic (exact) mass is 291 g/mol. The number of rotatable bonds is 7. The van der Waals surface area contributed by atoms with E-state index in [-0.39, 0.29) is 19.0 Å². The Balaban J connectivity index is 1.90. The van der Waals surface area contributed by atoms with Gasteiger partial charge in [-0.3, -0.25) is 0 Å². The van der Waals surface area contributed by atoms with E-state index in [0.29, 0.717) is 18.1 Å². The highest BCUT2D eigenvalue weighted by molar-refractivity contribution is 5.33. The molecule has 2 aromatic carbocycles. The molecular formula is C16H18FNO3. The van der Waals surface area contributed by atoms with Crippen molar-refractivity contribution >= 4 is 0 Å². The lowest BCUT2D eigenvalue weighted by Crippen LogP contribution is -2.26. The predicted molar refractivity (Wildman–Crippen MR) is 77.7 cm³/mol. The molecular weight excluding hydrogens is 273 g/mol. The van der Waals surface area contributed by atoms with E-state index >= 15 is 0 Å². The third-order valence-corrected chi connectivity index (χ3v) is 2.84. The van der Waals surface area contributed by atoms with Crippen LogP contribution in [-0.4, -0.2) is 24.4 Å². The fraction of sp³-hybridized carbons (Fsp3) is 0.250. The number of aliphatic hydroxyl groups is 1. The zero-order chi connectivity index (χ0) is 15.1. The van der Waals surface area contributed by atoms with Gasteiger partial charge in [0, 0.05) is 12.6 Å². The lowest BCUT2D eigenvalue weighted by molar-refractivity contribution is 0.114. The number of hydrogen-bond donors (Lipinski definition) is 2. The molecule has 2 aromatic rings. The Kier molecular flexibility index (Phi) is 5.54. The highest BCUT2D eigenvalue weighted by Crippen LogP contribution is 2.20. The molecule has 0 saturated carbocycles. The van der Waals surface area contributed by atoms with E-state index in [4.69, 9.17) is 15.2 Å². The van der Waals surface area contributed by atoms with Gasteiger partial charge in [-0.2, -0.15) is 0 Å². The van der Waals surface area contributed by atoms with Gasteiger partial charge in [-0.15, -0.1) is 0 Å². The van der Waals surface area contributed by atoms with Crippen LogP contribution >= 0.6 is 0 Å². The van der Waals surface area contributed by atoms with Crippen LogP contribution in [0.25, 0.3) is 0 Å². The van der Waals surface area contributed by atoms with E-state index in [0.717, 1.165) is 5.56 Å². The zero-order valence-corrected chi connectivity index (χ0v) is 11.5. The lowest BCUT2D eigenvalue weighted by Gasteiger charge is -2.12. The van der Waals surface area contributed by atoms with Gasteiger partial charge in [-0.05, 0) is 29.8 Å². The largest absolute Gasteiger partial charge is 0.491 e. The molecule has 0 unspecified atom stereocenters. The summed E-state index contributed by atoms with van der Waals surface area (Å²) < 4.78 is 23.8. The summed E-state index contributed by atoms with van der Waals surface area (Å²) in [5, 5.41) is 9.35. The summed E-state index contributed by atoms with van der Waals surface area (Å²) in [4.78, 5) is 0. The number of halogens is 1. The minimum absolute atomic E-state index is 0.137. The van der Waals surface area contributed by atoms with Crippen molar-refractivity contribution in [3.8, 4) is 11.5 Å². The van der Waals surface area contributed by atoms with Crippen LogP contribution in [0, 0.1) is 5.82 Å². The molecule has 0 amide bonds. The minimum atomic E-state index is -0.686.